The van der Waals surface area contributed by atoms with Crippen LogP contribution in [0.4, 0.5) is 4.79 Å². The standard InChI is InChI=1S/C29H26ClNO6/c1-29(2,3)37-28(34)31-23(14-18-10-6-4-7-11-18)27(33)36-25-17-24-21(15-22(25)30)20(16-26(32)35-24)19-12-8-5-9-13-19/h4-13,15-17,23H,14H2,1-3H3,(H,31,34). The molecule has 0 spiro atoms. The topological polar surface area (TPSA) is 94.8 Å². The SMILES string of the molecule is CC(C)(C)OC(=O)NC(Cc1ccccc1)C(=O)Oc1cc2oc(=O)cc(-c3ccccc3)c2cc1Cl. The predicted molar refractivity (Wildman–Crippen MR) is 142 cm³/mol. The molecule has 0 aliphatic carbocycles. The number of halogens is 1. The number of carbonyl (C=O) groups excluding carboxylic acids is 2. The van der Waals surface area contributed by atoms with Gasteiger partial charge < -0.3 is 19.2 Å². The molecule has 4 aromatic rings. The Balaban J connectivity index is 1.65. The summed E-state index contributed by atoms with van der Waals surface area (Å²) >= 11 is 6.50. The molecule has 0 radical (unpaired) electrons. The summed E-state index contributed by atoms with van der Waals surface area (Å²) in [5.74, 6) is -0.755. The lowest BCUT2D eigenvalue weighted by Gasteiger charge is -2.23. The molecule has 37 heavy (non-hydrogen) atoms. The Labute approximate surface area is 219 Å². The number of hydrogen-bond acceptors (Lipinski definition) is 6. The minimum atomic E-state index is -1.06. The van der Waals surface area contributed by atoms with Crippen LogP contribution in [0.2, 0.25) is 5.02 Å². The van der Waals surface area contributed by atoms with Gasteiger partial charge in [-0.15, -0.1) is 0 Å². The van der Waals surface area contributed by atoms with E-state index in [9.17, 15) is 14.4 Å². The maximum absolute atomic E-state index is 13.2. The maximum Gasteiger partial charge on any atom is 0.408 e. The number of amides is 1. The minimum Gasteiger partial charge on any atom is -0.444 e. The molecule has 1 amide bonds. The number of carbonyl (C=O) groups is 2. The Bertz CT molecular complexity index is 1480. The maximum atomic E-state index is 13.2. The highest BCUT2D eigenvalue weighted by Gasteiger charge is 2.27. The molecule has 7 nitrogen and oxygen atoms in total. The smallest absolute Gasteiger partial charge is 0.408 e. The van der Waals surface area contributed by atoms with E-state index in [0.717, 1.165) is 11.1 Å². The van der Waals surface area contributed by atoms with Crippen molar-refractivity contribution in [3.05, 3.63) is 99.9 Å². The average Bonchev–Trinajstić information content (AvgIpc) is 2.84. The van der Waals surface area contributed by atoms with Gasteiger partial charge in [0, 0.05) is 23.9 Å². The van der Waals surface area contributed by atoms with Crippen LogP contribution in [0.25, 0.3) is 22.1 Å². The van der Waals surface area contributed by atoms with E-state index in [-0.39, 0.29) is 22.8 Å². The Hall–Kier alpha value is -4.10. The first kappa shape index (κ1) is 26.0. The molecule has 3 aromatic carbocycles. The van der Waals surface area contributed by atoms with E-state index in [0.29, 0.717) is 10.9 Å². The number of ether oxygens (including phenoxy) is 2. The zero-order chi connectivity index (χ0) is 26.6. The normalized spacial score (nSPS) is 12.1. The van der Waals surface area contributed by atoms with Crippen LogP contribution in [0.5, 0.6) is 5.75 Å². The molecule has 1 heterocycles. The van der Waals surface area contributed by atoms with Gasteiger partial charge in [-0.25, -0.2) is 14.4 Å². The van der Waals surface area contributed by atoms with E-state index in [1.165, 1.54) is 12.1 Å². The summed E-state index contributed by atoms with van der Waals surface area (Å²) in [5, 5.41) is 3.31. The first-order chi connectivity index (χ1) is 17.6. The summed E-state index contributed by atoms with van der Waals surface area (Å²) in [4.78, 5) is 37.9. The van der Waals surface area contributed by atoms with Crippen LogP contribution >= 0.6 is 11.6 Å². The predicted octanol–water partition coefficient (Wildman–Crippen LogP) is 6.15. The second-order valence-corrected chi connectivity index (χ2v) is 9.84. The molecule has 1 atom stereocenters. The van der Waals surface area contributed by atoms with Crippen LogP contribution in [-0.2, 0) is 16.0 Å². The van der Waals surface area contributed by atoms with E-state index in [1.807, 2.05) is 60.7 Å². The van der Waals surface area contributed by atoms with Gasteiger partial charge in [0.25, 0.3) is 0 Å². The van der Waals surface area contributed by atoms with Gasteiger partial charge in [0.1, 0.15) is 17.2 Å². The van der Waals surface area contributed by atoms with Crippen molar-refractivity contribution in [2.45, 2.75) is 38.8 Å². The van der Waals surface area contributed by atoms with Gasteiger partial charge in [-0.2, -0.15) is 0 Å². The number of benzene rings is 3. The van der Waals surface area contributed by atoms with Crippen LogP contribution in [-0.4, -0.2) is 23.7 Å². The molecular formula is C29H26ClNO6. The highest BCUT2D eigenvalue weighted by molar-refractivity contribution is 6.33. The Kier molecular flexibility index (Phi) is 7.64. The number of rotatable bonds is 6. The van der Waals surface area contributed by atoms with Gasteiger partial charge in [0.05, 0.1) is 5.02 Å². The van der Waals surface area contributed by atoms with Crippen LogP contribution in [0.3, 0.4) is 0 Å². The summed E-state index contributed by atoms with van der Waals surface area (Å²) in [5.41, 5.74) is 1.16. The van der Waals surface area contributed by atoms with Crippen molar-refractivity contribution in [3.8, 4) is 16.9 Å². The molecule has 190 valence electrons. The number of alkyl carbamates (subject to hydrolysis) is 1. The molecule has 0 aliphatic heterocycles. The fourth-order valence-corrected chi connectivity index (χ4v) is 3.97. The average molecular weight is 520 g/mol. The zero-order valence-corrected chi connectivity index (χ0v) is 21.4. The van der Waals surface area contributed by atoms with Gasteiger partial charge in [-0.1, -0.05) is 72.3 Å². The number of esters is 1. The van der Waals surface area contributed by atoms with Crippen molar-refractivity contribution in [2.24, 2.45) is 0 Å². The number of nitrogens with one attached hydrogen (secondary N) is 1. The van der Waals surface area contributed by atoms with Gasteiger partial charge >= 0.3 is 17.7 Å². The largest absolute Gasteiger partial charge is 0.444 e. The van der Waals surface area contributed by atoms with Crippen LogP contribution in [0, 0.1) is 0 Å². The van der Waals surface area contributed by atoms with Crippen LogP contribution in [0.15, 0.2) is 88.1 Å². The monoisotopic (exact) mass is 519 g/mol. The molecule has 0 fully saturated rings. The molecule has 0 bridgehead atoms. The van der Waals surface area contributed by atoms with E-state index in [1.54, 1.807) is 26.8 Å². The van der Waals surface area contributed by atoms with E-state index >= 15 is 0 Å². The summed E-state index contributed by atoms with van der Waals surface area (Å²) in [7, 11) is 0. The summed E-state index contributed by atoms with van der Waals surface area (Å²) in [6.45, 7) is 5.18. The molecular weight excluding hydrogens is 494 g/mol. The molecule has 1 N–H and O–H groups in total. The van der Waals surface area contributed by atoms with Crippen molar-refractivity contribution in [3.63, 3.8) is 0 Å². The van der Waals surface area contributed by atoms with Crippen molar-refractivity contribution < 1.29 is 23.5 Å². The van der Waals surface area contributed by atoms with Crippen molar-refractivity contribution in [1.82, 2.24) is 5.32 Å². The number of hydrogen-bond donors (Lipinski definition) is 1. The van der Waals surface area contributed by atoms with Gasteiger partial charge in [0.15, 0.2) is 5.75 Å². The number of fused-ring (bicyclic) bond motifs is 1. The van der Waals surface area contributed by atoms with Gasteiger partial charge in [-0.05, 0) is 43.5 Å². The van der Waals surface area contributed by atoms with Gasteiger partial charge in [-0.3, -0.25) is 0 Å². The Morgan fingerprint density at radius 2 is 1.62 bits per heavy atom. The fourth-order valence-electron chi connectivity index (χ4n) is 3.77. The second kappa shape index (κ2) is 10.9. The van der Waals surface area contributed by atoms with Crippen molar-refractivity contribution >= 4 is 34.6 Å². The van der Waals surface area contributed by atoms with Crippen molar-refractivity contribution in [1.29, 1.82) is 0 Å². The second-order valence-electron chi connectivity index (χ2n) is 9.43. The highest BCUT2D eigenvalue weighted by Crippen LogP contribution is 2.35. The van der Waals surface area contributed by atoms with E-state index in [2.05, 4.69) is 5.32 Å². The minimum absolute atomic E-state index is 0.00317. The molecule has 4 rings (SSSR count). The van der Waals surface area contributed by atoms with Crippen LogP contribution in [0.1, 0.15) is 26.3 Å². The third kappa shape index (κ3) is 6.77. The molecule has 0 saturated heterocycles. The molecule has 1 aromatic heterocycles. The molecule has 8 heteroatoms. The Morgan fingerprint density at radius 3 is 2.27 bits per heavy atom. The van der Waals surface area contributed by atoms with Crippen molar-refractivity contribution in [2.75, 3.05) is 0 Å². The molecule has 0 saturated carbocycles. The van der Waals surface area contributed by atoms with E-state index in [4.69, 9.17) is 25.5 Å². The Morgan fingerprint density at radius 1 is 0.973 bits per heavy atom. The first-order valence-corrected chi connectivity index (χ1v) is 12.0. The summed E-state index contributed by atoms with van der Waals surface area (Å²) in [6, 6.07) is 21.8. The van der Waals surface area contributed by atoms with Crippen LogP contribution < -0.4 is 15.7 Å². The lowest BCUT2D eigenvalue weighted by atomic mass is 10.0. The molecule has 0 aliphatic rings. The first-order valence-electron chi connectivity index (χ1n) is 11.7. The summed E-state index contributed by atoms with van der Waals surface area (Å²) in [6.07, 6.45) is -0.592. The lowest BCUT2D eigenvalue weighted by Crippen LogP contribution is -2.46. The zero-order valence-electron chi connectivity index (χ0n) is 20.6. The molecule has 1 unspecified atom stereocenters. The summed E-state index contributed by atoms with van der Waals surface area (Å²) < 4.78 is 16.3. The third-order valence-electron chi connectivity index (χ3n) is 5.35. The van der Waals surface area contributed by atoms with E-state index < -0.39 is 29.3 Å². The third-order valence-corrected chi connectivity index (χ3v) is 5.65. The fraction of sp³-hybridized carbons (Fsp3) is 0.207. The highest BCUT2D eigenvalue weighted by atomic mass is 35.5. The quantitative estimate of drug-likeness (QED) is 0.186. The lowest BCUT2D eigenvalue weighted by molar-refractivity contribution is -0.136. The van der Waals surface area contributed by atoms with Gasteiger partial charge in [0.2, 0.25) is 0 Å².